The van der Waals surface area contributed by atoms with E-state index >= 15 is 0 Å². The van der Waals surface area contributed by atoms with Crippen molar-refractivity contribution in [1.82, 2.24) is 20.2 Å². The quantitative estimate of drug-likeness (QED) is 0.480. The number of ether oxygens (including phenoxy) is 1. The Kier molecular flexibility index (Phi) is 7.60. The minimum atomic E-state index is -0.0751. The van der Waals surface area contributed by atoms with E-state index in [-0.39, 0.29) is 24.3 Å². The third-order valence-corrected chi connectivity index (χ3v) is 7.38. The highest BCUT2D eigenvalue weighted by Gasteiger charge is 2.26. The van der Waals surface area contributed by atoms with Crippen LogP contribution < -0.4 is 10.2 Å². The molecule has 4 heterocycles. The predicted octanol–water partition coefficient (Wildman–Crippen LogP) is 5.08. The molecule has 0 radical (unpaired) electrons. The van der Waals surface area contributed by atoms with Crippen LogP contribution in [0.1, 0.15) is 56.4 Å². The van der Waals surface area contributed by atoms with Crippen LogP contribution in [0.3, 0.4) is 0 Å². The lowest BCUT2D eigenvalue weighted by Gasteiger charge is -2.32. The molecule has 0 bridgehead atoms. The fourth-order valence-electron chi connectivity index (χ4n) is 4.60. The SMILES string of the molecule is CCOC(=O)C1CCN(c2cnc3ccc(Nc4nnc(C5CCCC5)s4)nc3c2)CC1.Cl. The molecule has 10 heteroatoms. The van der Waals surface area contributed by atoms with Gasteiger partial charge in [-0.2, -0.15) is 0 Å². The lowest BCUT2D eigenvalue weighted by molar-refractivity contribution is -0.148. The molecular weight excluding hydrogens is 460 g/mol. The summed E-state index contributed by atoms with van der Waals surface area (Å²) in [6, 6.07) is 5.97. The summed E-state index contributed by atoms with van der Waals surface area (Å²) in [7, 11) is 0. The Labute approximate surface area is 203 Å². The number of carbonyl (C=O) groups is 1. The molecule has 1 aliphatic carbocycles. The molecular formula is C23H29ClN6O2S. The molecule has 2 aliphatic rings. The molecule has 0 amide bonds. The van der Waals surface area contributed by atoms with Crippen LogP contribution in [0, 0.1) is 5.92 Å². The molecule has 1 saturated heterocycles. The van der Waals surface area contributed by atoms with E-state index in [1.165, 1.54) is 25.7 Å². The number of hydrogen-bond donors (Lipinski definition) is 1. The molecule has 3 aromatic rings. The first-order chi connectivity index (χ1) is 15.7. The number of hydrogen-bond acceptors (Lipinski definition) is 9. The summed E-state index contributed by atoms with van der Waals surface area (Å²) in [6.45, 7) is 3.91. The molecule has 0 atom stereocenters. The van der Waals surface area contributed by atoms with E-state index in [9.17, 15) is 4.79 Å². The third kappa shape index (κ3) is 5.35. The fourth-order valence-corrected chi connectivity index (χ4v) is 5.52. The van der Waals surface area contributed by atoms with Crippen LogP contribution >= 0.6 is 23.7 Å². The van der Waals surface area contributed by atoms with Gasteiger partial charge in [0.1, 0.15) is 10.8 Å². The minimum Gasteiger partial charge on any atom is -0.466 e. The largest absolute Gasteiger partial charge is 0.466 e. The van der Waals surface area contributed by atoms with Crippen LogP contribution in [0.25, 0.3) is 11.0 Å². The Morgan fingerprint density at radius 1 is 1.15 bits per heavy atom. The van der Waals surface area contributed by atoms with Crippen molar-refractivity contribution in [2.45, 2.75) is 51.4 Å². The molecule has 0 unspecified atom stereocenters. The normalized spacial score (nSPS) is 17.2. The van der Waals surface area contributed by atoms with Crippen LogP contribution in [0.15, 0.2) is 24.4 Å². The molecule has 1 N–H and O–H groups in total. The van der Waals surface area contributed by atoms with Gasteiger partial charge in [0.25, 0.3) is 0 Å². The first-order valence-corrected chi connectivity index (χ1v) is 12.3. The molecule has 3 aromatic heterocycles. The van der Waals surface area contributed by atoms with E-state index < -0.39 is 0 Å². The van der Waals surface area contributed by atoms with Crippen molar-refractivity contribution in [2.24, 2.45) is 5.92 Å². The maximum Gasteiger partial charge on any atom is 0.309 e. The molecule has 0 aromatic carbocycles. The zero-order valence-electron chi connectivity index (χ0n) is 18.7. The average molecular weight is 489 g/mol. The number of aromatic nitrogens is 4. The average Bonchev–Trinajstić information content (AvgIpc) is 3.51. The van der Waals surface area contributed by atoms with E-state index in [4.69, 9.17) is 9.72 Å². The van der Waals surface area contributed by atoms with Crippen molar-refractivity contribution >= 4 is 57.4 Å². The van der Waals surface area contributed by atoms with E-state index in [0.29, 0.717) is 12.5 Å². The Morgan fingerprint density at radius 3 is 2.70 bits per heavy atom. The standard InChI is InChI=1S/C23H28N6O2S.ClH/c1-2-31-22(30)16-9-11-29(12-10-16)17-13-19-18(24-14-17)7-8-20(25-19)26-23-28-27-21(32-23)15-5-3-4-6-15;/h7-8,13-16H,2-6,9-12H2,1H3,(H,25,26,28);1H. The van der Waals surface area contributed by atoms with Crippen molar-refractivity contribution in [3.63, 3.8) is 0 Å². The van der Waals surface area contributed by atoms with Gasteiger partial charge in [-0.25, -0.2) is 4.98 Å². The van der Waals surface area contributed by atoms with Gasteiger partial charge >= 0.3 is 5.97 Å². The van der Waals surface area contributed by atoms with Crippen LogP contribution in [0.5, 0.6) is 0 Å². The zero-order chi connectivity index (χ0) is 21.9. The lowest BCUT2D eigenvalue weighted by atomic mass is 9.97. The van der Waals surface area contributed by atoms with E-state index in [1.54, 1.807) is 11.3 Å². The smallest absolute Gasteiger partial charge is 0.309 e. The summed E-state index contributed by atoms with van der Waals surface area (Å²) in [5, 5.41) is 13.9. The highest BCUT2D eigenvalue weighted by Crippen LogP contribution is 2.37. The second-order valence-electron chi connectivity index (χ2n) is 8.49. The summed E-state index contributed by atoms with van der Waals surface area (Å²) in [5.74, 6) is 1.22. The number of piperidine rings is 1. The highest BCUT2D eigenvalue weighted by atomic mass is 35.5. The Hall–Kier alpha value is -2.52. The first kappa shape index (κ1) is 23.6. The van der Waals surface area contributed by atoms with Crippen LogP contribution in [-0.4, -0.2) is 45.8 Å². The minimum absolute atomic E-state index is 0. The number of halogens is 1. The van der Waals surface area contributed by atoms with Crippen molar-refractivity contribution in [2.75, 3.05) is 29.9 Å². The lowest BCUT2D eigenvalue weighted by Crippen LogP contribution is -2.37. The summed E-state index contributed by atoms with van der Waals surface area (Å²) in [6.07, 6.45) is 8.49. The topological polar surface area (TPSA) is 93.1 Å². The number of rotatable bonds is 6. The van der Waals surface area contributed by atoms with Gasteiger partial charge in [-0.15, -0.1) is 22.6 Å². The monoisotopic (exact) mass is 488 g/mol. The van der Waals surface area contributed by atoms with Crippen LogP contribution in [-0.2, 0) is 9.53 Å². The molecule has 8 nitrogen and oxygen atoms in total. The van der Waals surface area contributed by atoms with Gasteiger partial charge in [-0.1, -0.05) is 24.2 Å². The third-order valence-electron chi connectivity index (χ3n) is 6.38. The number of pyridine rings is 2. The molecule has 2 fully saturated rings. The molecule has 5 rings (SSSR count). The van der Waals surface area contributed by atoms with Gasteiger partial charge in [0, 0.05) is 19.0 Å². The van der Waals surface area contributed by atoms with Crippen molar-refractivity contribution in [3.8, 4) is 0 Å². The predicted molar refractivity (Wildman–Crippen MR) is 133 cm³/mol. The molecule has 1 aliphatic heterocycles. The van der Waals surface area contributed by atoms with Gasteiger partial charge in [0.2, 0.25) is 5.13 Å². The van der Waals surface area contributed by atoms with Crippen LogP contribution in [0.4, 0.5) is 16.6 Å². The number of anilines is 3. The number of fused-ring (bicyclic) bond motifs is 1. The second kappa shape index (κ2) is 10.6. The van der Waals surface area contributed by atoms with Crippen molar-refractivity contribution in [3.05, 3.63) is 29.4 Å². The Balaban J connectivity index is 0.00000259. The van der Waals surface area contributed by atoms with Crippen LogP contribution in [0.2, 0.25) is 0 Å². The zero-order valence-corrected chi connectivity index (χ0v) is 20.3. The maximum absolute atomic E-state index is 12.0. The molecule has 33 heavy (non-hydrogen) atoms. The molecule has 1 saturated carbocycles. The van der Waals surface area contributed by atoms with Crippen molar-refractivity contribution in [1.29, 1.82) is 0 Å². The highest BCUT2D eigenvalue weighted by molar-refractivity contribution is 7.15. The van der Waals surface area contributed by atoms with Gasteiger partial charge < -0.3 is 15.0 Å². The molecule has 0 spiro atoms. The number of nitrogens with zero attached hydrogens (tertiary/aromatic N) is 5. The van der Waals surface area contributed by atoms with Gasteiger partial charge in [-0.05, 0) is 50.8 Å². The van der Waals surface area contributed by atoms with E-state index in [1.807, 2.05) is 25.3 Å². The Morgan fingerprint density at radius 2 is 1.94 bits per heavy atom. The van der Waals surface area contributed by atoms with Gasteiger partial charge in [0.05, 0.1) is 35.4 Å². The number of carbonyl (C=O) groups excluding carboxylic acids is 1. The molecule has 176 valence electrons. The Bertz CT molecular complexity index is 1100. The summed E-state index contributed by atoms with van der Waals surface area (Å²) < 4.78 is 5.18. The number of esters is 1. The van der Waals surface area contributed by atoms with Crippen molar-refractivity contribution < 1.29 is 9.53 Å². The maximum atomic E-state index is 12.0. The first-order valence-electron chi connectivity index (χ1n) is 11.5. The van der Waals surface area contributed by atoms with Gasteiger partial charge in [0.15, 0.2) is 0 Å². The van der Waals surface area contributed by atoms with Gasteiger partial charge in [-0.3, -0.25) is 9.78 Å². The summed E-state index contributed by atoms with van der Waals surface area (Å²) in [4.78, 5) is 23.6. The van der Waals surface area contributed by atoms with E-state index in [0.717, 1.165) is 58.6 Å². The second-order valence-corrected chi connectivity index (χ2v) is 9.50. The van der Waals surface area contributed by atoms with E-state index in [2.05, 4.69) is 31.5 Å². The number of nitrogens with one attached hydrogen (secondary N) is 1. The summed E-state index contributed by atoms with van der Waals surface area (Å²) >= 11 is 1.63. The summed E-state index contributed by atoms with van der Waals surface area (Å²) in [5.41, 5.74) is 2.72. The fraction of sp³-hybridized carbons (Fsp3) is 0.522.